The van der Waals surface area contributed by atoms with Crippen molar-refractivity contribution >= 4 is 61.0 Å². The highest BCUT2D eigenvalue weighted by atomic mass is 79.9. The van der Waals surface area contributed by atoms with E-state index in [-0.39, 0.29) is 11.8 Å². The van der Waals surface area contributed by atoms with Crippen molar-refractivity contribution < 1.29 is 14.3 Å². The first-order valence-electron chi connectivity index (χ1n) is 5.91. The van der Waals surface area contributed by atoms with Gasteiger partial charge in [-0.1, -0.05) is 27.5 Å². The first-order valence-corrected chi connectivity index (χ1v) is 8.20. The number of halogens is 3. The van der Waals surface area contributed by atoms with Crippen LogP contribution in [-0.2, 0) is 9.53 Å². The topological polar surface area (TPSA) is 46.6 Å². The Kier molecular flexibility index (Phi) is 5.09. The normalized spacial score (nSPS) is 18.5. The average molecular weight is 426 g/mol. The number of benzene rings is 1. The summed E-state index contributed by atoms with van der Waals surface area (Å²) in [5.74, 6) is -0.168. The van der Waals surface area contributed by atoms with E-state index < -0.39 is 5.97 Å². The molecule has 0 radical (unpaired) electrons. The van der Waals surface area contributed by atoms with Crippen molar-refractivity contribution in [2.24, 2.45) is 5.92 Å². The molecule has 1 amide bonds. The van der Waals surface area contributed by atoms with Crippen molar-refractivity contribution in [2.45, 2.75) is 6.42 Å². The van der Waals surface area contributed by atoms with E-state index in [0.717, 1.165) is 5.33 Å². The lowest BCUT2D eigenvalue weighted by molar-refractivity contribution is -0.117. The van der Waals surface area contributed by atoms with Crippen molar-refractivity contribution in [3.05, 3.63) is 27.2 Å². The monoisotopic (exact) mass is 423 g/mol. The predicted molar refractivity (Wildman–Crippen MR) is 84.7 cm³/mol. The number of nitrogens with zero attached hydrogens (tertiary/aromatic N) is 1. The lowest BCUT2D eigenvalue weighted by Crippen LogP contribution is -2.25. The van der Waals surface area contributed by atoms with Crippen LogP contribution >= 0.6 is 43.5 Å². The van der Waals surface area contributed by atoms with Gasteiger partial charge in [0.15, 0.2) is 0 Å². The minimum atomic E-state index is -0.467. The summed E-state index contributed by atoms with van der Waals surface area (Å²) in [6, 6.07) is 3.13. The summed E-state index contributed by atoms with van der Waals surface area (Å²) in [6.45, 7) is 0.611. The Morgan fingerprint density at radius 1 is 1.55 bits per heavy atom. The number of amides is 1. The van der Waals surface area contributed by atoms with Gasteiger partial charge in [-0.15, -0.1) is 0 Å². The van der Waals surface area contributed by atoms with E-state index in [1.807, 2.05) is 0 Å². The summed E-state index contributed by atoms with van der Waals surface area (Å²) >= 11 is 13.0. The Morgan fingerprint density at radius 3 is 2.75 bits per heavy atom. The van der Waals surface area contributed by atoms with Gasteiger partial charge in [-0.3, -0.25) is 4.79 Å². The van der Waals surface area contributed by atoms with Crippen LogP contribution < -0.4 is 4.90 Å². The minimum absolute atomic E-state index is 0.0304. The fourth-order valence-corrected chi connectivity index (χ4v) is 3.70. The third-order valence-corrected chi connectivity index (χ3v) is 4.94. The number of hydrogen-bond donors (Lipinski definition) is 0. The number of alkyl halides is 1. The number of carbonyl (C=O) groups excluding carboxylic acids is 2. The van der Waals surface area contributed by atoms with Crippen molar-refractivity contribution in [1.82, 2.24) is 0 Å². The highest BCUT2D eigenvalue weighted by Gasteiger charge is 2.32. The van der Waals surface area contributed by atoms with E-state index in [2.05, 4.69) is 36.6 Å². The average Bonchev–Trinajstić information content (AvgIpc) is 2.78. The molecule has 4 nitrogen and oxygen atoms in total. The van der Waals surface area contributed by atoms with Crippen molar-refractivity contribution in [1.29, 1.82) is 0 Å². The zero-order valence-corrected chi connectivity index (χ0v) is 14.6. The Hall–Kier alpha value is -0.590. The van der Waals surface area contributed by atoms with Crippen LogP contribution in [0.3, 0.4) is 0 Å². The lowest BCUT2D eigenvalue weighted by atomic mass is 10.1. The lowest BCUT2D eigenvalue weighted by Gasteiger charge is -2.20. The number of ether oxygens (including phenoxy) is 1. The van der Waals surface area contributed by atoms with Gasteiger partial charge in [0.1, 0.15) is 0 Å². The highest BCUT2D eigenvalue weighted by molar-refractivity contribution is 9.10. The van der Waals surface area contributed by atoms with Crippen molar-refractivity contribution in [2.75, 3.05) is 23.9 Å². The van der Waals surface area contributed by atoms with Crippen LogP contribution in [-0.4, -0.2) is 30.9 Å². The van der Waals surface area contributed by atoms with Gasteiger partial charge < -0.3 is 9.64 Å². The van der Waals surface area contributed by atoms with Gasteiger partial charge in [-0.05, 0) is 34.0 Å². The van der Waals surface area contributed by atoms with Gasteiger partial charge in [-0.25, -0.2) is 4.79 Å². The molecule has 0 saturated carbocycles. The highest BCUT2D eigenvalue weighted by Crippen LogP contribution is 2.38. The first-order chi connectivity index (χ1) is 9.47. The van der Waals surface area contributed by atoms with Crippen LogP contribution in [0.2, 0.25) is 5.02 Å². The van der Waals surface area contributed by atoms with E-state index in [4.69, 9.17) is 11.6 Å². The summed E-state index contributed by atoms with van der Waals surface area (Å²) in [7, 11) is 1.31. The second kappa shape index (κ2) is 6.45. The number of rotatable bonds is 3. The smallest absolute Gasteiger partial charge is 0.337 e. The van der Waals surface area contributed by atoms with Crippen molar-refractivity contribution in [3.63, 3.8) is 0 Å². The summed E-state index contributed by atoms with van der Waals surface area (Å²) in [6.07, 6.45) is 0.493. The maximum absolute atomic E-state index is 12.1. The van der Waals surface area contributed by atoms with E-state index in [1.54, 1.807) is 11.0 Å². The van der Waals surface area contributed by atoms with Gasteiger partial charge in [0, 0.05) is 22.8 Å². The van der Waals surface area contributed by atoms with Crippen LogP contribution in [0.5, 0.6) is 0 Å². The molecule has 2 rings (SSSR count). The molecule has 1 aliphatic rings. The molecule has 1 aromatic carbocycles. The van der Waals surface area contributed by atoms with Gasteiger partial charge in [0.2, 0.25) is 5.91 Å². The van der Waals surface area contributed by atoms with Gasteiger partial charge in [0.05, 0.1) is 23.4 Å². The molecule has 1 aromatic rings. The fraction of sp³-hybridized carbons (Fsp3) is 0.385. The van der Waals surface area contributed by atoms with Crippen LogP contribution in [0.25, 0.3) is 0 Å². The third-order valence-electron chi connectivity index (χ3n) is 3.13. The molecule has 1 aliphatic heterocycles. The van der Waals surface area contributed by atoms with E-state index in [1.165, 1.54) is 13.2 Å². The molecule has 0 spiro atoms. The SMILES string of the molecule is COC(=O)c1cc(Cl)c(N2CC(CBr)CC2=O)c(Br)c1. The zero-order valence-electron chi connectivity index (χ0n) is 10.7. The van der Waals surface area contributed by atoms with Gasteiger partial charge in [-0.2, -0.15) is 0 Å². The molecule has 1 heterocycles. The molecule has 0 aromatic heterocycles. The van der Waals surface area contributed by atoms with Crippen LogP contribution in [0.1, 0.15) is 16.8 Å². The zero-order chi connectivity index (χ0) is 14.9. The Morgan fingerprint density at radius 2 is 2.25 bits per heavy atom. The number of hydrogen-bond acceptors (Lipinski definition) is 3. The number of methoxy groups -OCH3 is 1. The Balaban J connectivity index is 2.38. The minimum Gasteiger partial charge on any atom is -0.465 e. The van der Waals surface area contributed by atoms with Gasteiger partial charge in [0.25, 0.3) is 0 Å². The molecule has 1 fully saturated rings. The summed E-state index contributed by atoms with van der Waals surface area (Å²) in [5.41, 5.74) is 0.949. The second-order valence-corrected chi connectivity index (χ2v) is 6.42. The molecule has 20 heavy (non-hydrogen) atoms. The van der Waals surface area contributed by atoms with Crippen LogP contribution in [0.4, 0.5) is 5.69 Å². The first kappa shape index (κ1) is 15.8. The van der Waals surface area contributed by atoms with E-state index in [9.17, 15) is 9.59 Å². The maximum atomic E-state index is 12.1. The molecule has 108 valence electrons. The second-order valence-electron chi connectivity index (χ2n) is 4.51. The summed E-state index contributed by atoms with van der Waals surface area (Å²) in [5, 5.41) is 1.12. The molecular weight excluding hydrogens is 413 g/mol. The van der Waals surface area contributed by atoms with Crippen LogP contribution in [0.15, 0.2) is 16.6 Å². The van der Waals surface area contributed by atoms with E-state index >= 15 is 0 Å². The maximum Gasteiger partial charge on any atom is 0.337 e. The predicted octanol–water partition coefficient (Wildman–Crippen LogP) is 3.64. The van der Waals surface area contributed by atoms with Crippen molar-refractivity contribution in [3.8, 4) is 0 Å². The third kappa shape index (κ3) is 3.02. The quantitative estimate of drug-likeness (QED) is 0.549. The molecule has 1 atom stereocenters. The molecule has 0 N–H and O–H groups in total. The molecule has 1 unspecified atom stereocenters. The van der Waals surface area contributed by atoms with E-state index in [0.29, 0.717) is 33.7 Å². The Labute approximate surface area is 138 Å². The largest absolute Gasteiger partial charge is 0.465 e. The summed E-state index contributed by atoms with van der Waals surface area (Å²) < 4.78 is 5.27. The molecule has 0 aliphatic carbocycles. The molecule has 1 saturated heterocycles. The number of anilines is 1. The Bertz CT molecular complexity index is 542. The molecule has 7 heteroatoms. The fourth-order valence-electron chi connectivity index (χ4n) is 2.16. The standard InChI is InChI=1S/C13H12Br2ClNO3/c1-20-13(19)8-3-9(15)12(10(16)4-8)17-6-7(5-14)2-11(17)18/h3-4,7H,2,5-6H2,1H3. The summed E-state index contributed by atoms with van der Waals surface area (Å²) in [4.78, 5) is 25.2. The molecule has 0 bridgehead atoms. The number of esters is 1. The molecular formula is C13H12Br2ClNO3. The van der Waals surface area contributed by atoms with Crippen LogP contribution in [0, 0.1) is 5.92 Å². The number of carbonyl (C=O) groups is 2. The van der Waals surface area contributed by atoms with Gasteiger partial charge >= 0.3 is 5.97 Å².